The van der Waals surface area contributed by atoms with Crippen LogP contribution in [0.5, 0.6) is 5.75 Å². The van der Waals surface area contributed by atoms with Crippen molar-refractivity contribution >= 4 is 0 Å². The molecule has 0 bridgehead atoms. The van der Waals surface area contributed by atoms with Gasteiger partial charge in [-0.3, -0.25) is 0 Å². The van der Waals surface area contributed by atoms with Crippen LogP contribution in [0.3, 0.4) is 0 Å². The van der Waals surface area contributed by atoms with Crippen molar-refractivity contribution in [3.63, 3.8) is 0 Å². The fourth-order valence-corrected chi connectivity index (χ4v) is 1.97. The van der Waals surface area contributed by atoms with Gasteiger partial charge in [0.2, 0.25) is 0 Å². The molecule has 1 aliphatic rings. The van der Waals surface area contributed by atoms with E-state index >= 15 is 0 Å². The predicted octanol–water partition coefficient (Wildman–Crippen LogP) is 1.33. The Bertz CT molecular complexity index is 321. The van der Waals surface area contributed by atoms with Gasteiger partial charge in [-0.05, 0) is 37.6 Å². The number of ether oxygens (including phenoxy) is 1. The maximum atomic E-state index is 5.66. The van der Waals surface area contributed by atoms with E-state index in [2.05, 4.69) is 29.7 Å². The van der Waals surface area contributed by atoms with E-state index in [1.54, 1.807) is 0 Å². The first-order valence-electron chi connectivity index (χ1n) is 5.98. The van der Waals surface area contributed by atoms with E-state index in [0.717, 1.165) is 32.0 Å². The molecule has 0 saturated carbocycles. The molecule has 1 aliphatic heterocycles. The number of nitrogens with one attached hydrogen (secondary N) is 2. The monoisotopic (exact) mass is 220 g/mol. The number of benzene rings is 1. The van der Waals surface area contributed by atoms with Gasteiger partial charge in [0.05, 0.1) is 0 Å². The number of aryl methyl sites for hydroxylation is 1. The summed E-state index contributed by atoms with van der Waals surface area (Å²) in [4.78, 5) is 0. The molecular formula is C13H20N2O. The number of hydrogen-bond acceptors (Lipinski definition) is 3. The molecule has 1 aromatic carbocycles. The zero-order valence-corrected chi connectivity index (χ0v) is 9.83. The third-order valence-electron chi connectivity index (χ3n) is 2.85. The van der Waals surface area contributed by atoms with Crippen molar-refractivity contribution in [3.05, 3.63) is 29.8 Å². The van der Waals surface area contributed by atoms with Crippen LogP contribution in [0.4, 0.5) is 0 Å². The molecular weight excluding hydrogens is 200 g/mol. The highest BCUT2D eigenvalue weighted by atomic mass is 16.5. The maximum absolute atomic E-state index is 5.66. The molecule has 1 unspecified atom stereocenters. The van der Waals surface area contributed by atoms with Crippen molar-refractivity contribution in [3.8, 4) is 5.75 Å². The fourth-order valence-electron chi connectivity index (χ4n) is 1.97. The van der Waals surface area contributed by atoms with Crippen LogP contribution < -0.4 is 15.4 Å². The normalized spacial score (nSPS) is 19.9. The minimum absolute atomic E-state index is 0.626. The van der Waals surface area contributed by atoms with Gasteiger partial charge in [0.1, 0.15) is 12.4 Å². The quantitative estimate of drug-likeness (QED) is 0.734. The first kappa shape index (κ1) is 11.4. The minimum Gasteiger partial charge on any atom is -0.492 e. The van der Waals surface area contributed by atoms with Gasteiger partial charge >= 0.3 is 0 Å². The Hall–Kier alpha value is -1.06. The zero-order valence-electron chi connectivity index (χ0n) is 9.83. The zero-order chi connectivity index (χ0) is 11.2. The summed E-state index contributed by atoms with van der Waals surface area (Å²) in [7, 11) is 0. The molecule has 1 atom stereocenters. The topological polar surface area (TPSA) is 33.3 Å². The molecule has 0 spiro atoms. The van der Waals surface area contributed by atoms with Crippen molar-refractivity contribution < 1.29 is 4.74 Å². The summed E-state index contributed by atoms with van der Waals surface area (Å²) >= 11 is 0. The van der Waals surface area contributed by atoms with Crippen molar-refractivity contribution in [2.75, 3.05) is 26.2 Å². The first-order valence-corrected chi connectivity index (χ1v) is 5.98. The lowest BCUT2D eigenvalue weighted by molar-refractivity contribution is 0.306. The Morgan fingerprint density at radius 2 is 2.44 bits per heavy atom. The summed E-state index contributed by atoms with van der Waals surface area (Å²) in [5.41, 5.74) is 1.24. The van der Waals surface area contributed by atoms with E-state index in [1.165, 1.54) is 12.0 Å². The summed E-state index contributed by atoms with van der Waals surface area (Å²) in [6.45, 7) is 5.95. The Balaban J connectivity index is 1.64. The summed E-state index contributed by atoms with van der Waals surface area (Å²) in [5, 5.41) is 6.81. The second-order valence-electron chi connectivity index (χ2n) is 4.31. The van der Waals surface area contributed by atoms with Crippen LogP contribution in [0.1, 0.15) is 12.0 Å². The van der Waals surface area contributed by atoms with E-state index in [1.807, 2.05) is 12.1 Å². The highest BCUT2D eigenvalue weighted by molar-refractivity contribution is 5.27. The lowest BCUT2D eigenvalue weighted by Gasteiger charge is -2.12. The standard InChI is InChI=1S/C13H20N2O/c1-11-3-2-4-13(9-11)16-8-7-15-12-5-6-14-10-12/h2-4,9,12,14-15H,5-8,10H2,1H3. The Labute approximate surface area is 97.2 Å². The number of rotatable bonds is 5. The second kappa shape index (κ2) is 5.87. The molecule has 16 heavy (non-hydrogen) atoms. The van der Waals surface area contributed by atoms with Crippen molar-refractivity contribution in [2.45, 2.75) is 19.4 Å². The van der Waals surface area contributed by atoms with E-state index in [0.29, 0.717) is 6.04 Å². The molecule has 2 N–H and O–H groups in total. The average molecular weight is 220 g/mol. The largest absolute Gasteiger partial charge is 0.492 e. The number of hydrogen-bond donors (Lipinski definition) is 2. The van der Waals surface area contributed by atoms with Gasteiger partial charge in [0.15, 0.2) is 0 Å². The second-order valence-corrected chi connectivity index (χ2v) is 4.31. The van der Waals surface area contributed by atoms with Gasteiger partial charge in [-0.25, -0.2) is 0 Å². The Kier molecular flexibility index (Phi) is 4.19. The van der Waals surface area contributed by atoms with E-state index in [9.17, 15) is 0 Å². The van der Waals surface area contributed by atoms with Gasteiger partial charge in [0.25, 0.3) is 0 Å². The van der Waals surface area contributed by atoms with E-state index < -0.39 is 0 Å². The molecule has 1 fully saturated rings. The molecule has 1 heterocycles. The van der Waals surface area contributed by atoms with Crippen LogP contribution in [0, 0.1) is 6.92 Å². The highest BCUT2D eigenvalue weighted by Crippen LogP contribution is 2.11. The Morgan fingerprint density at radius 1 is 1.50 bits per heavy atom. The van der Waals surface area contributed by atoms with Crippen molar-refractivity contribution in [1.82, 2.24) is 10.6 Å². The smallest absolute Gasteiger partial charge is 0.119 e. The van der Waals surface area contributed by atoms with Crippen LogP contribution in [-0.2, 0) is 0 Å². The van der Waals surface area contributed by atoms with Crippen LogP contribution in [0.25, 0.3) is 0 Å². The lowest BCUT2D eigenvalue weighted by atomic mass is 10.2. The van der Waals surface area contributed by atoms with Crippen LogP contribution in [0.15, 0.2) is 24.3 Å². The minimum atomic E-state index is 0.626. The van der Waals surface area contributed by atoms with Crippen LogP contribution >= 0.6 is 0 Å². The SMILES string of the molecule is Cc1cccc(OCCNC2CCNC2)c1. The van der Waals surface area contributed by atoms with Gasteiger partial charge in [-0.1, -0.05) is 12.1 Å². The third kappa shape index (κ3) is 3.51. The Morgan fingerprint density at radius 3 is 3.19 bits per heavy atom. The summed E-state index contributed by atoms with van der Waals surface area (Å²) in [6.07, 6.45) is 1.23. The predicted molar refractivity (Wildman–Crippen MR) is 66.0 cm³/mol. The van der Waals surface area contributed by atoms with Crippen molar-refractivity contribution in [2.24, 2.45) is 0 Å². The van der Waals surface area contributed by atoms with E-state index in [-0.39, 0.29) is 0 Å². The van der Waals surface area contributed by atoms with Gasteiger partial charge in [-0.15, -0.1) is 0 Å². The molecule has 88 valence electrons. The maximum Gasteiger partial charge on any atom is 0.119 e. The average Bonchev–Trinajstić information content (AvgIpc) is 2.77. The summed E-state index contributed by atoms with van der Waals surface area (Å²) < 4.78 is 5.66. The van der Waals surface area contributed by atoms with Crippen LogP contribution in [0.2, 0.25) is 0 Å². The molecule has 2 rings (SSSR count). The highest BCUT2D eigenvalue weighted by Gasteiger charge is 2.12. The third-order valence-corrected chi connectivity index (χ3v) is 2.85. The molecule has 0 amide bonds. The lowest BCUT2D eigenvalue weighted by Crippen LogP contribution is -2.34. The molecule has 1 aromatic rings. The van der Waals surface area contributed by atoms with Crippen LogP contribution in [-0.4, -0.2) is 32.3 Å². The van der Waals surface area contributed by atoms with Gasteiger partial charge in [-0.2, -0.15) is 0 Å². The van der Waals surface area contributed by atoms with Crippen molar-refractivity contribution in [1.29, 1.82) is 0 Å². The first-order chi connectivity index (χ1) is 7.84. The molecule has 1 saturated heterocycles. The van der Waals surface area contributed by atoms with E-state index in [4.69, 9.17) is 4.74 Å². The van der Waals surface area contributed by atoms with Gasteiger partial charge < -0.3 is 15.4 Å². The molecule has 0 aliphatic carbocycles. The fraction of sp³-hybridized carbons (Fsp3) is 0.538. The molecule has 3 heteroatoms. The van der Waals surface area contributed by atoms with Gasteiger partial charge in [0, 0.05) is 19.1 Å². The molecule has 0 aromatic heterocycles. The molecule has 0 radical (unpaired) electrons. The summed E-state index contributed by atoms with van der Waals surface area (Å²) in [5.74, 6) is 0.964. The summed E-state index contributed by atoms with van der Waals surface area (Å²) in [6, 6.07) is 8.80. The molecule has 3 nitrogen and oxygen atoms in total.